The zero-order valence-electron chi connectivity index (χ0n) is 11.1. The number of nitrogens with zero attached hydrogens (tertiary/aromatic N) is 1. The van der Waals surface area contributed by atoms with E-state index in [1.54, 1.807) is 19.9 Å². The maximum atomic E-state index is 12.0. The van der Waals surface area contributed by atoms with Crippen LogP contribution in [-0.2, 0) is 9.84 Å². The number of sulfone groups is 1. The number of aromatic nitrogens is 1. The van der Waals surface area contributed by atoms with Crippen LogP contribution in [0.15, 0.2) is 18.5 Å². The maximum absolute atomic E-state index is 12.0. The number of hydrazine groups is 1. The number of nitrogen functional groups attached to an aromatic ring is 1. The lowest BCUT2D eigenvalue weighted by molar-refractivity contribution is 0.0951. The van der Waals surface area contributed by atoms with Gasteiger partial charge in [-0.05, 0) is 19.9 Å². The number of nitrogens with one attached hydrogen (secondary N) is 2. The Kier molecular flexibility index (Phi) is 4.48. The standard InChI is InChI=1S/C11H18N4O3S/c1-11(2,19(3,17)18)7-14-10(16)8-6-13-5-4-9(8)15-12/h4-6H,7,12H2,1-3H3,(H,13,15)(H,14,16). The average molecular weight is 286 g/mol. The quantitative estimate of drug-likeness (QED) is 0.515. The molecule has 0 bridgehead atoms. The zero-order valence-corrected chi connectivity index (χ0v) is 11.9. The highest BCUT2D eigenvalue weighted by Gasteiger charge is 2.30. The summed E-state index contributed by atoms with van der Waals surface area (Å²) in [6, 6.07) is 1.55. The Morgan fingerprint density at radius 2 is 2.11 bits per heavy atom. The minimum Gasteiger partial charge on any atom is -0.350 e. The van der Waals surface area contributed by atoms with E-state index >= 15 is 0 Å². The molecule has 1 aromatic heterocycles. The van der Waals surface area contributed by atoms with Crippen LogP contribution in [0.5, 0.6) is 0 Å². The van der Waals surface area contributed by atoms with Gasteiger partial charge in [0, 0.05) is 25.2 Å². The Balaban J connectivity index is 2.82. The highest BCUT2D eigenvalue weighted by Crippen LogP contribution is 2.15. The van der Waals surface area contributed by atoms with E-state index in [0.29, 0.717) is 5.69 Å². The van der Waals surface area contributed by atoms with E-state index in [0.717, 1.165) is 6.26 Å². The average Bonchev–Trinajstić information content (AvgIpc) is 2.34. The molecule has 0 radical (unpaired) electrons. The molecule has 106 valence electrons. The predicted molar refractivity (Wildman–Crippen MR) is 73.3 cm³/mol. The van der Waals surface area contributed by atoms with Crippen LogP contribution in [0.4, 0.5) is 5.69 Å². The van der Waals surface area contributed by atoms with E-state index in [-0.39, 0.29) is 12.1 Å². The number of anilines is 1. The summed E-state index contributed by atoms with van der Waals surface area (Å²) < 4.78 is 22.0. The molecular weight excluding hydrogens is 268 g/mol. The fraction of sp³-hybridized carbons (Fsp3) is 0.455. The van der Waals surface area contributed by atoms with E-state index in [1.165, 1.54) is 12.4 Å². The second-order valence-corrected chi connectivity index (χ2v) is 7.43. The molecule has 0 fully saturated rings. The number of rotatable bonds is 5. The van der Waals surface area contributed by atoms with Gasteiger partial charge in [0.25, 0.3) is 5.91 Å². The van der Waals surface area contributed by atoms with Crippen LogP contribution in [0.1, 0.15) is 24.2 Å². The monoisotopic (exact) mass is 286 g/mol. The van der Waals surface area contributed by atoms with Crippen molar-refractivity contribution in [2.24, 2.45) is 5.84 Å². The van der Waals surface area contributed by atoms with Gasteiger partial charge >= 0.3 is 0 Å². The van der Waals surface area contributed by atoms with Crippen LogP contribution in [0.2, 0.25) is 0 Å². The van der Waals surface area contributed by atoms with E-state index in [9.17, 15) is 13.2 Å². The molecule has 0 aliphatic carbocycles. The summed E-state index contributed by atoms with van der Waals surface area (Å²) in [5, 5.41) is 2.57. The molecule has 1 amide bonds. The molecule has 1 rings (SSSR count). The van der Waals surface area contributed by atoms with Crippen molar-refractivity contribution in [2.75, 3.05) is 18.2 Å². The maximum Gasteiger partial charge on any atom is 0.255 e. The van der Waals surface area contributed by atoms with Crippen LogP contribution in [0, 0.1) is 0 Å². The van der Waals surface area contributed by atoms with Gasteiger partial charge in [0.2, 0.25) is 0 Å². The van der Waals surface area contributed by atoms with Crippen LogP contribution >= 0.6 is 0 Å². The van der Waals surface area contributed by atoms with Crippen molar-refractivity contribution in [2.45, 2.75) is 18.6 Å². The molecule has 0 saturated carbocycles. The van der Waals surface area contributed by atoms with Crippen molar-refractivity contribution < 1.29 is 13.2 Å². The summed E-state index contributed by atoms with van der Waals surface area (Å²) in [6.45, 7) is 3.10. The van der Waals surface area contributed by atoms with Crippen molar-refractivity contribution in [3.63, 3.8) is 0 Å². The molecule has 0 aliphatic rings. The van der Waals surface area contributed by atoms with Gasteiger partial charge in [0.05, 0.1) is 16.0 Å². The molecule has 0 saturated heterocycles. The van der Waals surface area contributed by atoms with Crippen LogP contribution < -0.4 is 16.6 Å². The van der Waals surface area contributed by atoms with Gasteiger partial charge in [-0.15, -0.1) is 0 Å². The number of nitrogens with two attached hydrogens (primary N) is 1. The molecule has 19 heavy (non-hydrogen) atoms. The molecule has 0 aliphatic heterocycles. The molecule has 0 aromatic carbocycles. The van der Waals surface area contributed by atoms with Crippen LogP contribution in [0.3, 0.4) is 0 Å². The first-order chi connectivity index (χ1) is 8.69. The first-order valence-electron chi connectivity index (χ1n) is 5.57. The Bertz CT molecular complexity index is 569. The molecule has 0 spiro atoms. The van der Waals surface area contributed by atoms with Crippen molar-refractivity contribution >= 4 is 21.4 Å². The summed E-state index contributed by atoms with van der Waals surface area (Å²) in [4.78, 5) is 15.8. The Morgan fingerprint density at radius 1 is 1.47 bits per heavy atom. The summed E-state index contributed by atoms with van der Waals surface area (Å²) >= 11 is 0. The van der Waals surface area contributed by atoms with E-state index in [2.05, 4.69) is 15.7 Å². The van der Waals surface area contributed by atoms with Gasteiger partial charge in [-0.25, -0.2) is 8.42 Å². The van der Waals surface area contributed by atoms with E-state index < -0.39 is 20.5 Å². The molecule has 4 N–H and O–H groups in total. The van der Waals surface area contributed by atoms with Crippen LogP contribution in [-0.4, -0.2) is 36.9 Å². The topological polar surface area (TPSA) is 114 Å². The van der Waals surface area contributed by atoms with Gasteiger partial charge in [0.1, 0.15) is 0 Å². The molecule has 0 unspecified atom stereocenters. The third-order valence-corrected chi connectivity index (χ3v) is 5.05. The second-order valence-electron chi connectivity index (χ2n) is 4.78. The summed E-state index contributed by atoms with van der Waals surface area (Å²) in [6.07, 6.45) is 3.99. The second kappa shape index (κ2) is 5.54. The minimum absolute atomic E-state index is 0.00354. The lowest BCUT2D eigenvalue weighted by atomic mass is 10.2. The third-order valence-electron chi connectivity index (χ3n) is 2.90. The predicted octanol–water partition coefficient (Wildman–Crippen LogP) is -0.0798. The lowest BCUT2D eigenvalue weighted by Crippen LogP contribution is -2.43. The summed E-state index contributed by atoms with van der Waals surface area (Å²) in [5.74, 6) is 4.85. The third kappa shape index (κ3) is 3.65. The largest absolute Gasteiger partial charge is 0.350 e. The molecule has 1 aromatic rings. The number of amides is 1. The number of carbonyl (C=O) groups is 1. The lowest BCUT2D eigenvalue weighted by Gasteiger charge is -2.22. The van der Waals surface area contributed by atoms with E-state index in [4.69, 9.17) is 5.84 Å². The SMILES string of the molecule is CC(C)(CNC(=O)c1cnccc1NN)S(C)(=O)=O. The number of pyridine rings is 1. The molecule has 8 heteroatoms. The zero-order chi connectivity index (χ0) is 14.7. The Hall–Kier alpha value is -1.67. The molecule has 0 atom stereocenters. The van der Waals surface area contributed by atoms with Gasteiger partial charge in [-0.1, -0.05) is 0 Å². The molecular formula is C11H18N4O3S. The van der Waals surface area contributed by atoms with Crippen LogP contribution in [0.25, 0.3) is 0 Å². The van der Waals surface area contributed by atoms with Crippen molar-refractivity contribution in [1.82, 2.24) is 10.3 Å². The highest BCUT2D eigenvalue weighted by molar-refractivity contribution is 7.92. The van der Waals surface area contributed by atoms with Crippen molar-refractivity contribution in [3.8, 4) is 0 Å². The van der Waals surface area contributed by atoms with Crippen molar-refractivity contribution in [1.29, 1.82) is 0 Å². The minimum atomic E-state index is -3.27. The van der Waals surface area contributed by atoms with E-state index in [1.807, 2.05) is 0 Å². The van der Waals surface area contributed by atoms with Gasteiger partial charge in [0.15, 0.2) is 9.84 Å². The Morgan fingerprint density at radius 3 is 2.63 bits per heavy atom. The van der Waals surface area contributed by atoms with Gasteiger partial charge < -0.3 is 10.7 Å². The number of hydrogen-bond acceptors (Lipinski definition) is 6. The fourth-order valence-electron chi connectivity index (χ4n) is 1.22. The van der Waals surface area contributed by atoms with Gasteiger partial charge in [-0.2, -0.15) is 0 Å². The normalized spacial score (nSPS) is 12.0. The molecule has 1 heterocycles. The number of carbonyl (C=O) groups excluding carboxylic acids is 1. The van der Waals surface area contributed by atoms with Gasteiger partial charge in [-0.3, -0.25) is 15.6 Å². The summed E-state index contributed by atoms with van der Waals surface area (Å²) in [5.41, 5.74) is 3.06. The summed E-state index contributed by atoms with van der Waals surface area (Å²) in [7, 11) is -3.27. The highest BCUT2D eigenvalue weighted by atomic mass is 32.2. The molecule has 7 nitrogen and oxygen atoms in total. The smallest absolute Gasteiger partial charge is 0.255 e. The number of hydrogen-bond donors (Lipinski definition) is 3. The Labute approximate surface area is 112 Å². The first-order valence-corrected chi connectivity index (χ1v) is 7.46. The first kappa shape index (κ1) is 15.4. The fourth-order valence-corrected chi connectivity index (χ4v) is 1.56. The van der Waals surface area contributed by atoms with Crippen molar-refractivity contribution in [3.05, 3.63) is 24.0 Å².